The van der Waals surface area contributed by atoms with Crippen molar-refractivity contribution >= 4 is 19.8 Å². The molecule has 2 rings (SSSR count). The Hall–Kier alpha value is -0.213. The van der Waals surface area contributed by atoms with E-state index in [1.54, 1.807) is 0 Å². The molecule has 0 heterocycles. The number of rotatable bonds is 4. The van der Waals surface area contributed by atoms with Crippen molar-refractivity contribution in [2.45, 2.75) is 61.5 Å². The third-order valence-corrected chi connectivity index (χ3v) is 9.77. The molecule has 0 bridgehead atoms. The van der Waals surface area contributed by atoms with E-state index in [0.717, 1.165) is 10.8 Å². The van der Waals surface area contributed by atoms with Gasteiger partial charge < -0.3 is 0 Å². The van der Waals surface area contributed by atoms with E-state index in [1.807, 2.05) is 0 Å². The predicted molar refractivity (Wildman–Crippen MR) is 86.0 cm³/mol. The van der Waals surface area contributed by atoms with Crippen LogP contribution in [0.25, 0.3) is 0 Å². The van der Waals surface area contributed by atoms with Gasteiger partial charge in [0.25, 0.3) is 0 Å². The molecule has 0 spiro atoms. The topological polar surface area (TPSA) is 0 Å². The molecular weight excluding hydrogens is 252 g/mol. The Bertz CT molecular complexity index is 349. The average molecular weight is 279 g/mol. The molecule has 1 aromatic carbocycles. The molecule has 1 aliphatic carbocycles. The molecule has 1 saturated carbocycles. The number of benzene rings is 1. The highest BCUT2D eigenvalue weighted by atomic mass is 32.2. The van der Waals surface area contributed by atoms with Gasteiger partial charge >= 0.3 is 0 Å². The maximum atomic E-state index is 2.54. The molecule has 2 heteroatoms. The molecule has 100 valence electrons. The number of hydrogen-bond donors (Lipinski definition) is 0. The average Bonchev–Trinajstić information content (AvgIpc) is 2.37. The number of hydrogen-bond acceptors (Lipinski definition) is 1. The summed E-state index contributed by atoms with van der Waals surface area (Å²) in [5.74, 6) is 0.968. The maximum absolute atomic E-state index is 2.54. The largest absolute Gasteiger partial charge is 0.126 e. The van der Waals surface area contributed by atoms with Gasteiger partial charge in [-0.2, -0.15) is 0 Å². The fourth-order valence-electron chi connectivity index (χ4n) is 3.06. The third-order valence-electron chi connectivity index (χ3n) is 3.94. The first kappa shape index (κ1) is 14.2. The zero-order valence-corrected chi connectivity index (χ0v) is 13.8. The summed E-state index contributed by atoms with van der Waals surface area (Å²) in [5, 5.41) is 0. The molecule has 1 aromatic rings. The van der Waals surface area contributed by atoms with Crippen LogP contribution in [0.15, 0.2) is 35.2 Å². The van der Waals surface area contributed by atoms with Crippen LogP contribution in [0, 0.1) is 5.92 Å². The first-order chi connectivity index (χ1) is 8.57. The molecule has 0 amide bonds. The van der Waals surface area contributed by atoms with Crippen LogP contribution in [-0.4, -0.2) is 12.9 Å². The number of thioether (sulfide) groups is 1. The highest BCUT2D eigenvalue weighted by Gasteiger charge is 2.34. The lowest BCUT2D eigenvalue weighted by Crippen LogP contribution is -2.42. The summed E-state index contributed by atoms with van der Waals surface area (Å²) < 4.78 is 0. The van der Waals surface area contributed by atoms with Crippen LogP contribution in [0.1, 0.15) is 32.1 Å². The molecule has 1 atom stereocenters. The molecule has 0 radical (unpaired) electrons. The van der Waals surface area contributed by atoms with Crippen LogP contribution in [-0.2, 0) is 0 Å². The second kappa shape index (κ2) is 6.29. The Kier molecular flexibility index (Phi) is 4.96. The van der Waals surface area contributed by atoms with Crippen LogP contribution in [0.3, 0.4) is 0 Å². The van der Waals surface area contributed by atoms with Crippen molar-refractivity contribution in [3.05, 3.63) is 30.3 Å². The molecular formula is C16H26SSi. The van der Waals surface area contributed by atoms with Crippen LogP contribution in [0.5, 0.6) is 0 Å². The molecule has 0 aliphatic heterocycles. The standard InChI is InChI=1S/C16H26SSi/c1-18(2,3)16(14-10-6-4-7-11-14)17-15-12-8-5-9-13-15/h5,8-9,12-14,16H,4,6-7,10-11H2,1-3H3. The first-order valence-corrected chi connectivity index (χ1v) is 11.7. The molecule has 1 aliphatic rings. The zero-order chi connectivity index (χ0) is 13.0. The lowest BCUT2D eigenvalue weighted by Gasteiger charge is -2.37. The van der Waals surface area contributed by atoms with Gasteiger partial charge in [0.05, 0.1) is 8.07 Å². The molecule has 18 heavy (non-hydrogen) atoms. The van der Waals surface area contributed by atoms with Gasteiger partial charge in [-0.3, -0.25) is 0 Å². The summed E-state index contributed by atoms with van der Waals surface area (Å²) in [6.45, 7) is 7.63. The minimum absolute atomic E-state index is 0.889. The van der Waals surface area contributed by atoms with E-state index in [4.69, 9.17) is 0 Å². The quantitative estimate of drug-likeness (QED) is 0.510. The van der Waals surface area contributed by atoms with E-state index in [2.05, 4.69) is 61.7 Å². The smallest absolute Gasteiger partial charge is 0.0595 e. The van der Waals surface area contributed by atoms with E-state index in [0.29, 0.717) is 0 Å². The van der Waals surface area contributed by atoms with Crippen molar-refractivity contribution in [3.63, 3.8) is 0 Å². The highest BCUT2D eigenvalue weighted by Crippen LogP contribution is 2.40. The SMILES string of the molecule is C[Si](C)(C)C(Sc1ccccc1)C1CCCCC1. The summed E-state index contributed by atoms with van der Waals surface area (Å²) in [6.07, 6.45) is 7.32. The van der Waals surface area contributed by atoms with Gasteiger partial charge in [0.2, 0.25) is 0 Å². The summed E-state index contributed by atoms with van der Waals surface area (Å²) in [4.78, 5) is 2.36. The van der Waals surface area contributed by atoms with Gasteiger partial charge in [0.1, 0.15) is 0 Å². The van der Waals surface area contributed by atoms with Gasteiger partial charge in [-0.15, -0.1) is 11.8 Å². The summed E-state index contributed by atoms with van der Waals surface area (Å²) in [6, 6.07) is 11.0. The maximum Gasteiger partial charge on any atom is 0.0595 e. The Morgan fingerprint density at radius 1 is 1.00 bits per heavy atom. The lowest BCUT2D eigenvalue weighted by molar-refractivity contribution is 0.374. The van der Waals surface area contributed by atoms with Crippen LogP contribution in [0.4, 0.5) is 0 Å². The molecule has 0 aromatic heterocycles. The van der Waals surface area contributed by atoms with E-state index < -0.39 is 8.07 Å². The Morgan fingerprint density at radius 3 is 2.17 bits per heavy atom. The summed E-state index contributed by atoms with van der Waals surface area (Å²) in [5.41, 5.74) is 0. The van der Waals surface area contributed by atoms with E-state index >= 15 is 0 Å². The van der Waals surface area contributed by atoms with E-state index in [-0.39, 0.29) is 0 Å². The Balaban J connectivity index is 2.10. The summed E-state index contributed by atoms with van der Waals surface area (Å²) >= 11 is 2.16. The van der Waals surface area contributed by atoms with Crippen LogP contribution in [0.2, 0.25) is 19.6 Å². The van der Waals surface area contributed by atoms with Crippen molar-refractivity contribution in [2.75, 3.05) is 0 Å². The second-order valence-electron chi connectivity index (χ2n) is 6.62. The zero-order valence-electron chi connectivity index (χ0n) is 12.0. The molecule has 0 nitrogen and oxygen atoms in total. The van der Waals surface area contributed by atoms with Crippen molar-refractivity contribution in [3.8, 4) is 0 Å². The van der Waals surface area contributed by atoms with Crippen LogP contribution >= 0.6 is 11.8 Å². The van der Waals surface area contributed by atoms with Crippen LogP contribution < -0.4 is 0 Å². The fraction of sp³-hybridized carbons (Fsp3) is 0.625. The van der Waals surface area contributed by atoms with Gasteiger partial charge in [-0.05, 0) is 30.9 Å². The van der Waals surface area contributed by atoms with E-state index in [9.17, 15) is 0 Å². The third kappa shape index (κ3) is 3.89. The normalized spacial score (nSPS) is 19.7. The lowest BCUT2D eigenvalue weighted by atomic mass is 9.90. The summed E-state index contributed by atoms with van der Waals surface area (Å²) in [7, 11) is -1.09. The van der Waals surface area contributed by atoms with Crippen molar-refractivity contribution in [1.82, 2.24) is 0 Å². The second-order valence-corrected chi connectivity index (χ2v) is 13.6. The molecule has 1 unspecified atom stereocenters. The Morgan fingerprint density at radius 2 is 1.61 bits per heavy atom. The monoisotopic (exact) mass is 278 g/mol. The van der Waals surface area contributed by atoms with Crippen molar-refractivity contribution < 1.29 is 0 Å². The molecule has 1 fully saturated rings. The minimum atomic E-state index is -1.09. The molecule has 0 N–H and O–H groups in total. The first-order valence-electron chi connectivity index (χ1n) is 7.29. The predicted octanol–water partition coefficient (Wildman–Crippen LogP) is 5.61. The van der Waals surface area contributed by atoms with Gasteiger partial charge in [-0.1, -0.05) is 57.1 Å². The Labute approximate surface area is 118 Å². The van der Waals surface area contributed by atoms with Gasteiger partial charge in [0.15, 0.2) is 0 Å². The fourth-order valence-corrected chi connectivity index (χ4v) is 7.70. The van der Waals surface area contributed by atoms with Crippen molar-refractivity contribution in [1.29, 1.82) is 0 Å². The van der Waals surface area contributed by atoms with E-state index in [1.165, 1.54) is 37.0 Å². The highest BCUT2D eigenvalue weighted by molar-refractivity contribution is 8.01. The minimum Gasteiger partial charge on any atom is -0.126 e. The van der Waals surface area contributed by atoms with Crippen molar-refractivity contribution in [2.24, 2.45) is 5.92 Å². The molecule has 0 saturated heterocycles. The van der Waals surface area contributed by atoms with Gasteiger partial charge in [-0.25, -0.2) is 0 Å². The van der Waals surface area contributed by atoms with Gasteiger partial charge in [0, 0.05) is 9.77 Å².